The number of nitrogens with zero attached hydrogens (tertiary/aromatic N) is 1. The Morgan fingerprint density at radius 1 is 1.53 bits per heavy atom. The Balaban J connectivity index is 2.32. The van der Waals surface area contributed by atoms with E-state index < -0.39 is 0 Å². The lowest BCUT2D eigenvalue weighted by molar-refractivity contribution is 0.219. The predicted octanol–water partition coefficient (Wildman–Crippen LogP) is 1.57. The SMILES string of the molecule is Cc1cccc2c1N(C)C(CCO)CO2. The molecule has 0 spiro atoms. The third kappa shape index (κ3) is 1.79. The number of aliphatic hydroxyl groups is 1. The van der Waals surface area contributed by atoms with E-state index in [1.54, 1.807) is 0 Å². The van der Waals surface area contributed by atoms with Gasteiger partial charge in [0.2, 0.25) is 0 Å². The van der Waals surface area contributed by atoms with E-state index in [1.165, 1.54) is 5.56 Å². The van der Waals surface area contributed by atoms with E-state index in [2.05, 4.69) is 24.9 Å². The number of aryl methyl sites for hydroxylation is 1. The summed E-state index contributed by atoms with van der Waals surface area (Å²) in [6.45, 7) is 2.95. The van der Waals surface area contributed by atoms with Gasteiger partial charge in [-0.2, -0.15) is 0 Å². The van der Waals surface area contributed by atoms with Gasteiger partial charge in [0.05, 0.1) is 11.7 Å². The van der Waals surface area contributed by atoms with E-state index in [0.29, 0.717) is 6.61 Å². The van der Waals surface area contributed by atoms with Crippen molar-refractivity contribution in [2.24, 2.45) is 0 Å². The number of ether oxygens (including phenoxy) is 1. The van der Waals surface area contributed by atoms with Crippen molar-refractivity contribution in [1.82, 2.24) is 0 Å². The van der Waals surface area contributed by atoms with Crippen LogP contribution in [0.15, 0.2) is 18.2 Å². The smallest absolute Gasteiger partial charge is 0.142 e. The lowest BCUT2D eigenvalue weighted by Gasteiger charge is -2.36. The van der Waals surface area contributed by atoms with Gasteiger partial charge in [-0.3, -0.25) is 0 Å². The summed E-state index contributed by atoms with van der Waals surface area (Å²) in [6.07, 6.45) is 0.754. The molecule has 0 aliphatic carbocycles. The zero-order valence-electron chi connectivity index (χ0n) is 9.23. The molecule has 0 bridgehead atoms. The van der Waals surface area contributed by atoms with Crippen molar-refractivity contribution >= 4 is 5.69 Å². The van der Waals surface area contributed by atoms with Crippen molar-refractivity contribution in [2.45, 2.75) is 19.4 Å². The molecule has 1 N–H and O–H groups in total. The molecular weight excluding hydrogens is 190 g/mol. The molecule has 1 unspecified atom stereocenters. The molecule has 3 heteroatoms. The highest BCUT2D eigenvalue weighted by molar-refractivity contribution is 5.64. The molecule has 3 nitrogen and oxygen atoms in total. The molecule has 0 saturated heterocycles. The van der Waals surface area contributed by atoms with Crippen molar-refractivity contribution in [3.8, 4) is 5.75 Å². The highest BCUT2D eigenvalue weighted by Crippen LogP contribution is 2.36. The Morgan fingerprint density at radius 3 is 3.07 bits per heavy atom. The number of rotatable bonds is 2. The van der Waals surface area contributed by atoms with Gasteiger partial charge in [0.25, 0.3) is 0 Å². The third-order valence-corrected chi connectivity index (χ3v) is 2.99. The second-order valence-electron chi connectivity index (χ2n) is 4.01. The molecule has 1 heterocycles. The first-order valence-corrected chi connectivity index (χ1v) is 5.30. The maximum Gasteiger partial charge on any atom is 0.142 e. The van der Waals surface area contributed by atoms with Crippen LogP contribution in [-0.2, 0) is 0 Å². The Labute approximate surface area is 90.3 Å². The maximum atomic E-state index is 8.97. The molecule has 1 aromatic rings. The molecule has 0 aromatic heterocycles. The number of fused-ring (bicyclic) bond motifs is 1. The highest BCUT2D eigenvalue weighted by Gasteiger charge is 2.25. The minimum Gasteiger partial charge on any atom is -0.489 e. The molecule has 0 radical (unpaired) electrons. The molecule has 1 aliphatic heterocycles. The van der Waals surface area contributed by atoms with Gasteiger partial charge in [-0.15, -0.1) is 0 Å². The van der Waals surface area contributed by atoms with E-state index in [4.69, 9.17) is 9.84 Å². The van der Waals surface area contributed by atoms with Crippen LogP contribution in [0.5, 0.6) is 5.75 Å². The van der Waals surface area contributed by atoms with E-state index in [1.807, 2.05) is 12.1 Å². The number of aliphatic hydroxyl groups excluding tert-OH is 1. The Hall–Kier alpha value is -1.22. The molecule has 15 heavy (non-hydrogen) atoms. The zero-order valence-corrected chi connectivity index (χ0v) is 9.23. The maximum absolute atomic E-state index is 8.97. The van der Waals surface area contributed by atoms with Crippen LogP contribution in [0.1, 0.15) is 12.0 Å². The Bertz CT molecular complexity index is 351. The van der Waals surface area contributed by atoms with Gasteiger partial charge in [-0.1, -0.05) is 12.1 Å². The minimum atomic E-state index is 0.208. The second kappa shape index (κ2) is 4.11. The lowest BCUT2D eigenvalue weighted by Crippen LogP contribution is -2.41. The molecule has 0 amide bonds. The van der Waals surface area contributed by atoms with Gasteiger partial charge in [0.15, 0.2) is 0 Å². The quantitative estimate of drug-likeness (QED) is 0.799. The van der Waals surface area contributed by atoms with Crippen molar-refractivity contribution in [3.05, 3.63) is 23.8 Å². The Kier molecular flexibility index (Phi) is 2.82. The van der Waals surface area contributed by atoms with Crippen LogP contribution in [0.4, 0.5) is 5.69 Å². The first kappa shape index (κ1) is 10.3. The second-order valence-corrected chi connectivity index (χ2v) is 4.01. The fourth-order valence-corrected chi connectivity index (χ4v) is 2.11. The average Bonchev–Trinajstić information content (AvgIpc) is 2.22. The van der Waals surface area contributed by atoms with E-state index in [9.17, 15) is 0 Å². The summed E-state index contributed by atoms with van der Waals surface area (Å²) in [5, 5.41) is 8.97. The first-order chi connectivity index (χ1) is 7.24. The largest absolute Gasteiger partial charge is 0.489 e. The van der Waals surface area contributed by atoms with Gasteiger partial charge in [0, 0.05) is 13.7 Å². The fraction of sp³-hybridized carbons (Fsp3) is 0.500. The summed E-state index contributed by atoms with van der Waals surface area (Å²) in [6, 6.07) is 6.37. The van der Waals surface area contributed by atoms with E-state index in [-0.39, 0.29) is 12.6 Å². The van der Waals surface area contributed by atoms with Crippen molar-refractivity contribution in [2.75, 3.05) is 25.2 Å². The molecule has 0 saturated carbocycles. The average molecular weight is 207 g/mol. The van der Waals surface area contributed by atoms with Crippen LogP contribution in [0.2, 0.25) is 0 Å². The van der Waals surface area contributed by atoms with Crippen molar-refractivity contribution in [1.29, 1.82) is 0 Å². The number of benzene rings is 1. The summed E-state index contributed by atoms with van der Waals surface area (Å²) >= 11 is 0. The minimum absolute atomic E-state index is 0.208. The summed E-state index contributed by atoms with van der Waals surface area (Å²) in [5.41, 5.74) is 2.37. The topological polar surface area (TPSA) is 32.7 Å². The van der Waals surface area contributed by atoms with Gasteiger partial charge in [0.1, 0.15) is 12.4 Å². The monoisotopic (exact) mass is 207 g/mol. The van der Waals surface area contributed by atoms with Crippen LogP contribution in [0.25, 0.3) is 0 Å². The van der Waals surface area contributed by atoms with E-state index in [0.717, 1.165) is 17.9 Å². The van der Waals surface area contributed by atoms with Gasteiger partial charge < -0.3 is 14.7 Å². The van der Waals surface area contributed by atoms with E-state index >= 15 is 0 Å². The summed E-state index contributed by atoms with van der Waals surface area (Å²) in [7, 11) is 2.06. The number of anilines is 1. The first-order valence-electron chi connectivity index (χ1n) is 5.30. The molecule has 82 valence electrons. The standard InChI is InChI=1S/C12H17NO2/c1-9-4-3-5-11-12(9)13(2)10(6-7-14)8-15-11/h3-5,10,14H,6-8H2,1-2H3. The summed E-state index contributed by atoms with van der Waals surface area (Å²) < 4.78 is 5.69. The molecule has 1 aliphatic rings. The van der Waals surface area contributed by atoms with Gasteiger partial charge >= 0.3 is 0 Å². The molecule has 1 atom stereocenters. The van der Waals surface area contributed by atoms with Crippen molar-refractivity contribution in [3.63, 3.8) is 0 Å². The molecule has 1 aromatic carbocycles. The summed E-state index contributed by atoms with van der Waals surface area (Å²) in [5.74, 6) is 0.951. The van der Waals surface area contributed by atoms with Crippen LogP contribution < -0.4 is 9.64 Å². The zero-order chi connectivity index (χ0) is 10.8. The fourth-order valence-electron chi connectivity index (χ4n) is 2.11. The third-order valence-electron chi connectivity index (χ3n) is 2.99. The number of likely N-dealkylation sites (N-methyl/N-ethyl adjacent to an activating group) is 1. The molecule has 2 rings (SSSR count). The van der Waals surface area contributed by atoms with Crippen LogP contribution >= 0.6 is 0 Å². The molecular formula is C12H17NO2. The van der Waals surface area contributed by atoms with Gasteiger partial charge in [-0.25, -0.2) is 0 Å². The number of para-hydroxylation sites is 1. The van der Waals surface area contributed by atoms with Crippen LogP contribution in [-0.4, -0.2) is 31.4 Å². The molecule has 0 fully saturated rings. The van der Waals surface area contributed by atoms with Crippen molar-refractivity contribution < 1.29 is 9.84 Å². The van der Waals surface area contributed by atoms with Gasteiger partial charge in [-0.05, 0) is 25.0 Å². The number of hydrogen-bond acceptors (Lipinski definition) is 3. The van der Waals surface area contributed by atoms with Crippen LogP contribution in [0, 0.1) is 6.92 Å². The summed E-state index contributed by atoms with van der Waals surface area (Å²) in [4.78, 5) is 2.21. The lowest BCUT2D eigenvalue weighted by atomic mass is 10.1. The van der Waals surface area contributed by atoms with Crippen LogP contribution in [0.3, 0.4) is 0 Å². The number of hydrogen-bond donors (Lipinski definition) is 1. The Morgan fingerprint density at radius 2 is 2.33 bits per heavy atom. The highest BCUT2D eigenvalue weighted by atomic mass is 16.5. The predicted molar refractivity (Wildman–Crippen MR) is 60.6 cm³/mol. The normalized spacial score (nSPS) is 19.7.